The van der Waals surface area contributed by atoms with Gasteiger partial charge >= 0.3 is 0 Å². The Kier molecular flexibility index (Phi) is 5.47. The molecule has 2 N–H and O–H groups in total. The standard InChI is InChI=1S/C18H16N2O2S3/c1-12-16(11-15-6-3-9-24-15)25-18(23)20(12)8-7-17(22)19-13-4-2-5-14(21)10-13/h2-6,9-11,21H,1,7-8H2,(H,19,22)/b16-11-. The van der Waals surface area contributed by atoms with E-state index in [1.165, 1.54) is 17.4 Å². The predicted octanol–water partition coefficient (Wildman–Crippen LogP) is 3.31. The van der Waals surface area contributed by atoms with E-state index in [0.717, 1.165) is 14.8 Å². The van der Waals surface area contributed by atoms with Crippen molar-refractivity contribution in [1.29, 1.82) is 0 Å². The zero-order chi connectivity index (χ0) is 17.8. The molecule has 0 aliphatic carbocycles. The summed E-state index contributed by atoms with van der Waals surface area (Å²) in [5.74, 6) is -0.0199. The highest BCUT2D eigenvalue weighted by Gasteiger charge is 2.06. The zero-order valence-electron chi connectivity index (χ0n) is 13.3. The van der Waals surface area contributed by atoms with Crippen LogP contribution >= 0.6 is 34.9 Å². The molecule has 3 rings (SSSR count). The van der Waals surface area contributed by atoms with Gasteiger partial charge in [-0.3, -0.25) is 4.79 Å². The number of hydrogen-bond donors (Lipinski definition) is 2. The molecule has 0 bridgehead atoms. The Labute approximate surface area is 158 Å². The number of aromatic hydroxyl groups is 1. The molecular formula is C18H16N2O2S3. The van der Waals surface area contributed by atoms with Crippen molar-refractivity contribution in [1.82, 2.24) is 4.57 Å². The van der Waals surface area contributed by atoms with Gasteiger partial charge in [-0.25, -0.2) is 0 Å². The van der Waals surface area contributed by atoms with E-state index in [-0.39, 0.29) is 18.1 Å². The summed E-state index contributed by atoms with van der Waals surface area (Å²) in [6, 6.07) is 10.5. The molecule has 0 atom stereocenters. The second-order valence-corrected chi connectivity index (χ2v) is 7.99. The Morgan fingerprint density at radius 2 is 2.20 bits per heavy atom. The topological polar surface area (TPSA) is 54.3 Å². The van der Waals surface area contributed by atoms with Gasteiger partial charge in [0.1, 0.15) is 5.75 Å². The molecule has 0 unspecified atom stereocenters. The van der Waals surface area contributed by atoms with Crippen LogP contribution in [0.5, 0.6) is 5.75 Å². The number of thiazole rings is 1. The van der Waals surface area contributed by atoms with Gasteiger partial charge in [0.15, 0.2) is 3.95 Å². The number of carbonyl (C=O) groups excluding carboxylic acids is 1. The van der Waals surface area contributed by atoms with Crippen molar-refractivity contribution in [2.75, 3.05) is 5.32 Å². The minimum absolute atomic E-state index is 0.117. The van der Waals surface area contributed by atoms with Crippen molar-refractivity contribution in [2.24, 2.45) is 0 Å². The Morgan fingerprint density at radius 1 is 1.36 bits per heavy atom. The van der Waals surface area contributed by atoms with Gasteiger partial charge in [-0.05, 0) is 41.9 Å². The van der Waals surface area contributed by atoms with Crippen LogP contribution in [0.4, 0.5) is 5.69 Å². The first-order valence-corrected chi connectivity index (χ1v) is 9.66. The number of hydrogen-bond acceptors (Lipinski definition) is 5. The number of nitrogens with zero attached hydrogens (tertiary/aromatic N) is 1. The largest absolute Gasteiger partial charge is 0.508 e. The Morgan fingerprint density at radius 3 is 2.92 bits per heavy atom. The van der Waals surface area contributed by atoms with Gasteiger partial charge in [-0.1, -0.05) is 18.7 Å². The maximum Gasteiger partial charge on any atom is 0.226 e. The monoisotopic (exact) mass is 388 g/mol. The fourth-order valence-corrected chi connectivity index (χ4v) is 4.43. The fraction of sp³-hybridized carbons (Fsp3) is 0.111. The van der Waals surface area contributed by atoms with Crippen LogP contribution in [0.3, 0.4) is 0 Å². The highest BCUT2D eigenvalue weighted by Crippen LogP contribution is 2.15. The van der Waals surface area contributed by atoms with Gasteiger partial charge in [-0.15, -0.1) is 22.7 Å². The van der Waals surface area contributed by atoms with Gasteiger partial charge < -0.3 is 15.0 Å². The minimum Gasteiger partial charge on any atom is -0.508 e. The molecule has 4 nitrogen and oxygen atoms in total. The summed E-state index contributed by atoms with van der Waals surface area (Å²) in [6.45, 7) is 4.58. The molecule has 7 heteroatoms. The Bertz CT molecular complexity index is 1050. The highest BCUT2D eigenvalue weighted by atomic mass is 32.1. The number of thiophene rings is 1. The molecular weight excluding hydrogens is 372 g/mol. The lowest BCUT2D eigenvalue weighted by atomic mass is 10.3. The third-order valence-corrected chi connectivity index (χ3v) is 5.79. The van der Waals surface area contributed by atoms with E-state index in [0.29, 0.717) is 16.2 Å². The van der Waals surface area contributed by atoms with Crippen LogP contribution < -0.4 is 15.2 Å². The Hall–Kier alpha value is -2.22. The van der Waals surface area contributed by atoms with Crippen LogP contribution in [0.2, 0.25) is 0 Å². The van der Waals surface area contributed by atoms with Crippen LogP contribution in [0.1, 0.15) is 11.3 Å². The lowest BCUT2D eigenvalue weighted by molar-refractivity contribution is -0.116. The van der Waals surface area contributed by atoms with Gasteiger partial charge in [0, 0.05) is 29.6 Å². The molecule has 0 aliphatic rings. The summed E-state index contributed by atoms with van der Waals surface area (Å²) in [4.78, 5) is 13.3. The van der Waals surface area contributed by atoms with E-state index < -0.39 is 0 Å². The third kappa shape index (κ3) is 4.45. The summed E-state index contributed by atoms with van der Waals surface area (Å²) >= 11 is 8.57. The predicted molar refractivity (Wildman–Crippen MR) is 107 cm³/mol. The highest BCUT2D eigenvalue weighted by molar-refractivity contribution is 7.73. The number of amides is 1. The number of phenols is 1. The lowest BCUT2D eigenvalue weighted by Gasteiger charge is -2.06. The number of nitrogens with one attached hydrogen (secondary N) is 1. The number of rotatable bonds is 5. The summed E-state index contributed by atoms with van der Waals surface area (Å²) in [7, 11) is 0. The molecule has 1 amide bonds. The van der Waals surface area contributed by atoms with Gasteiger partial charge in [0.05, 0.1) is 9.88 Å². The summed E-state index contributed by atoms with van der Waals surface area (Å²) in [5, 5.41) is 15.1. The average Bonchev–Trinajstić information content (AvgIpc) is 3.15. The number of carbonyl (C=O) groups is 1. The fourth-order valence-electron chi connectivity index (χ4n) is 2.31. The molecule has 1 aromatic carbocycles. The second kappa shape index (κ2) is 7.77. The first kappa shape index (κ1) is 17.6. The molecule has 0 aliphatic heterocycles. The molecule has 0 fully saturated rings. The van der Waals surface area contributed by atoms with Crippen molar-refractivity contribution in [3.8, 4) is 5.75 Å². The smallest absolute Gasteiger partial charge is 0.226 e. The van der Waals surface area contributed by atoms with Crippen molar-refractivity contribution in [3.63, 3.8) is 0 Å². The van der Waals surface area contributed by atoms with Gasteiger partial charge in [0.25, 0.3) is 0 Å². The van der Waals surface area contributed by atoms with E-state index in [9.17, 15) is 9.90 Å². The minimum atomic E-state index is -0.137. The maximum absolute atomic E-state index is 12.1. The molecule has 0 spiro atoms. The van der Waals surface area contributed by atoms with Crippen molar-refractivity contribution in [2.45, 2.75) is 13.0 Å². The van der Waals surface area contributed by atoms with E-state index in [2.05, 4.69) is 18.0 Å². The quantitative estimate of drug-likeness (QED) is 0.660. The van der Waals surface area contributed by atoms with Gasteiger partial charge in [-0.2, -0.15) is 0 Å². The first-order chi connectivity index (χ1) is 12.0. The van der Waals surface area contributed by atoms with Gasteiger partial charge in [0.2, 0.25) is 5.91 Å². The number of benzene rings is 1. The first-order valence-electron chi connectivity index (χ1n) is 7.55. The number of phenolic OH excluding ortho intramolecular Hbond substituents is 1. The third-order valence-electron chi connectivity index (χ3n) is 3.54. The van der Waals surface area contributed by atoms with Crippen LogP contribution in [-0.4, -0.2) is 15.6 Å². The summed E-state index contributed by atoms with van der Waals surface area (Å²) < 4.78 is 3.61. The normalized spacial score (nSPS) is 11.6. The van der Waals surface area contributed by atoms with Crippen molar-refractivity contribution in [3.05, 3.63) is 60.5 Å². The molecule has 3 aromatic rings. The van der Waals surface area contributed by atoms with Crippen molar-refractivity contribution < 1.29 is 9.90 Å². The summed E-state index contributed by atoms with van der Waals surface area (Å²) in [6.07, 6.45) is 2.35. The number of anilines is 1. The SMILES string of the molecule is C=c1/c(=C/c2cccs2)sc(=S)n1CCC(=O)Nc1cccc(O)c1. The molecule has 128 valence electrons. The number of aromatic nitrogens is 1. The molecule has 0 saturated carbocycles. The van der Waals surface area contributed by atoms with E-state index in [4.69, 9.17) is 12.2 Å². The average molecular weight is 389 g/mol. The van der Waals surface area contributed by atoms with Crippen LogP contribution in [0, 0.1) is 3.95 Å². The van der Waals surface area contributed by atoms with Crippen molar-refractivity contribution >= 4 is 59.1 Å². The van der Waals surface area contributed by atoms with Crippen LogP contribution in [-0.2, 0) is 11.3 Å². The summed E-state index contributed by atoms with van der Waals surface area (Å²) in [5.41, 5.74) is 0.570. The lowest BCUT2D eigenvalue weighted by Crippen LogP contribution is -2.28. The van der Waals surface area contributed by atoms with E-state index in [1.54, 1.807) is 29.5 Å². The molecule has 25 heavy (non-hydrogen) atoms. The van der Waals surface area contributed by atoms with Crippen LogP contribution in [0.25, 0.3) is 12.7 Å². The second-order valence-electron chi connectivity index (χ2n) is 5.34. The molecule has 2 heterocycles. The molecule has 0 radical (unpaired) electrons. The zero-order valence-corrected chi connectivity index (χ0v) is 15.7. The van der Waals surface area contributed by atoms with E-state index in [1.807, 2.05) is 22.1 Å². The maximum atomic E-state index is 12.1. The molecule has 0 saturated heterocycles. The van der Waals surface area contributed by atoms with E-state index >= 15 is 0 Å². The van der Waals surface area contributed by atoms with Crippen LogP contribution in [0.15, 0.2) is 41.8 Å². The Balaban J connectivity index is 1.71. The molecule has 2 aromatic heterocycles.